The van der Waals surface area contributed by atoms with Crippen LogP contribution < -0.4 is 5.32 Å². The van der Waals surface area contributed by atoms with Crippen LogP contribution in [-0.4, -0.2) is 17.7 Å². The molecule has 0 bridgehead atoms. The second-order valence-corrected chi connectivity index (χ2v) is 4.42. The van der Waals surface area contributed by atoms with E-state index >= 15 is 0 Å². The molecule has 0 amide bonds. The Labute approximate surface area is 140 Å². The highest BCUT2D eigenvalue weighted by molar-refractivity contribution is 5.85. The second-order valence-electron chi connectivity index (χ2n) is 4.42. The van der Waals surface area contributed by atoms with Crippen LogP contribution >= 0.6 is 12.4 Å². The molecule has 2 nitrogen and oxygen atoms in total. The lowest BCUT2D eigenvalue weighted by molar-refractivity contribution is 0.0442. The third-order valence-electron chi connectivity index (χ3n) is 3.33. The van der Waals surface area contributed by atoms with Crippen molar-refractivity contribution in [3.8, 4) is 0 Å². The van der Waals surface area contributed by atoms with Gasteiger partial charge in [-0.25, -0.2) is 0 Å². The van der Waals surface area contributed by atoms with Crippen molar-refractivity contribution < 1.29 is 18.8 Å². The predicted octanol–water partition coefficient (Wildman–Crippen LogP) is 3.10. The molecule has 0 saturated carbocycles. The number of hydrogen-bond donors (Lipinski definition) is 2. The molecule has 1 aliphatic rings. The Balaban J connectivity index is 0.00000320. The van der Waals surface area contributed by atoms with Gasteiger partial charge in [0, 0.05) is 6.04 Å². The lowest BCUT2D eigenvalue weighted by Crippen LogP contribution is -2.46. The molecule has 1 aliphatic heterocycles. The van der Waals surface area contributed by atoms with Gasteiger partial charge in [0.2, 0.25) is 0 Å². The molecule has 1 fully saturated rings. The van der Waals surface area contributed by atoms with Crippen molar-refractivity contribution in [2.24, 2.45) is 0 Å². The summed E-state index contributed by atoms with van der Waals surface area (Å²) in [5.41, 5.74) is -3.46. The van der Waals surface area contributed by atoms with Crippen LogP contribution in [-0.2, 0) is 5.60 Å². The van der Waals surface area contributed by atoms with Crippen molar-refractivity contribution in [1.29, 1.82) is 0 Å². The largest absolute Gasteiger partial charge is 0.379 e. The molecular formula is C17H20ClNO. The predicted molar refractivity (Wildman–Crippen MR) is 84.2 cm³/mol. The zero-order valence-corrected chi connectivity index (χ0v) is 11.4. The Morgan fingerprint density at radius 1 is 1.00 bits per heavy atom. The van der Waals surface area contributed by atoms with Crippen LogP contribution in [0.4, 0.5) is 0 Å². The molecule has 2 aromatic carbocycles. The van der Waals surface area contributed by atoms with E-state index in [1.807, 2.05) is 0 Å². The molecule has 0 aromatic heterocycles. The molecule has 2 N–H and O–H groups in total. The molecule has 106 valence electrons. The van der Waals surface area contributed by atoms with E-state index in [9.17, 15) is 5.11 Å². The Bertz CT molecular complexity index is 881. The van der Waals surface area contributed by atoms with E-state index in [0.717, 1.165) is 0 Å². The standard InChI is InChI=1S/C17H19NO.ClH/c19-17(16-12-7-13-18-16,14-8-3-1-4-9-14)15-10-5-2-6-11-15;/h1-6,8-11,16,18-19H,7,12-13H2;1H/t16-;/m1./s1/i1D,2D,3D,4D,5D,6D,8D,9D,10D,11D;. The van der Waals surface area contributed by atoms with E-state index in [2.05, 4.69) is 5.32 Å². The van der Waals surface area contributed by atoms with Gasteiger partial charge in [-0.2, -0.15) is 0 Å². The molecule has 0 aliphatic carbocycles. The van der Waals surface area contributed by atoms with Crippen molar-refractivity contribution in [2.75, 3.05) is 6.54 Å². The fraction of sp³-hybridized carbons (Fsp3) is 0.294. The van der Waals surface area contributed by atoms with Gasteiger partial charge in [-0.05, 0) is 30.5 Å². The number of hydrogen-bond acceptors (Lipinski definition) is 2. The number of rotatable bonds is 3. The van der Waals surface area contributed by atoms with Gasteiger partial charge < -0.3 is 10.4 Å². The van der Waals surface area contributed by atoms with Crippen molar-refractivity contribution in [1.82, 2.24) is 5.32 Å². The first-order valence-electron chi connectivity index (χ1n) is 11.1. The first kappa shape index (κ1) is 6.61. The lowest BCUT2D eigenvalue weighted by atomic mass is 9.79. The zero-order chi connectivity index (χ0) is 21.8. The first-order chi connectivity index (χ1) is 13.5. The van der Waals surface area contributed by atoms with Crippen LogP contribution in [0.3, 0.4) is 0 Å². The van der Waals surface area contributed by atoms with Crippen LogP contribution in [0.2, 0.25) is 0 Å². The molecule has 3 rings (SSSR count). The van der Waals surface area contributed by atoms with E-state index in [-0.39, 0.29) is 12.4 Å². The molecule has 1 saturated heterocycles. The van der Waals surface area contributed by atoms with Crippen LogP contribution in [0, 0.1) is 0 Å². The van der Waals surface area contributed by atoms with E-state index in [4.69, 9.17) is 13.7 Å². The lowest BCUT2D eigenvalue weighted by Gasteiger charge is -2.35. The zero-order valence-electron chi connectivity index (χ0n) is 20.6. The molecule has 2 aromatic rings. The SMILES string of the molecule is Cl.[2H]c1c([2H])c([2H])c(C(O)(c2c([2H])c([2H])c([2H])c([2H])c2[2H])[C@H]2CCCN2)c([2H])c1[2H]. The van der Waals surface area contributed by atoms with E-state index in [0.29, 0.717) is 19.4 Å². The number of halogens is 1. The summed E-state index contributed by atoms with van der Waals surface area (Å²) in [6.07, 6.45) is 0.922. The van der Waals surface area contributed by atoms with Gasteiger partial charge in [-0.3, -0.25) is 0 Å². The van der Waals surface area contributed by atoms with Gasteiger partial charge >= 0.3 is 0 Å². The Kier molecular flexibility index (Phi) is 2.11. The van der Waals surface area contributed by atoms with Crippen molar-refractivity contribution >= 4 is 12.4 Å². The smallest absolute Gasteiger partial charge is 0.130 e. The van der Waals surface area contributed by atoms with E-state index in [1.165, 1.54) is 0 Å². The van der Waals surface area contributed by atoms with Gasteiger partial charge in [-0.15, -0.1) is 12.4 Å². The summed E-state index contributed by atoms with van der Waals surface area (Å²) in [6.45, 7) is 0.463. The summed E-state index contributed by atoms with van der Waals surface area (Å²) in [5, 5.41) is 14.8. The van der Waals surface area contributed by atoms with Crippen molar-refractivity contribution in [3.05, 3.63) is 71.6 Å². The van der Waals surface area contributed by atoms with Crippen LogP contribution in [0.15, 0.2) is 60.4 Å². The number of nitrogens with one attached hydrogen (secondary N) is 1. The van der Waals surface area contributed by atoms with Gasteiger partial charge in [0.1, 0.15) is 5.60 Å². The van der Waals surface area contributed by atoms with E-state index < -0.39 is 83.2 Å². The van der Waals surface area contributed by atoms with Crippen LogP contribution in [0.25, 0.3) is 0 Å². The van der Waals surface area contributed by atoms with E-state index in [1.54, 1.807) is 0 Å². The second kappa shape index (κ2) is 6.40. The minimum atomic E-state index is -2.43. The van der Waals surface area contributed by atoms with Crippen molar-refractivity contribution in [3.63, 3.8) is 0 Å². The Morgan fingerprint density at radius 3 is 1.90 bits per heavy atom. The van der Waals surface area contributed by atoms with Crippen molar-refractivity contribution in [2.45, 2.75) is 24.5 Å². The molecule has 3 heteroatoms. The molecule has 1 atom stereocenters. The maximum absolute atomic E-state index is 11.9. The summed E-state index contributed by atoms with van der Waals surface area (Å²) in [5.74, 6) is 0. The maximum atomic E-state index is 11.9. The fourth-order valence-electron chi connectivity index (χ4n) is 2.40. The average molecular weight is 300 g/mol. The molecule has 1 heterocycles. The minimum Gasteiger partial charge on any atom is -0.379 e. The quantitative estimate of drug-likeness (QED) is 0.913. The third-order valence-corrected chi connectivity index (χ3v) is 3.33. The number of benzene rings is 2. The molecule has 0 radical (unpaired) electrons. The highest BCUT2D eigenvalue weighted by atomic mass is 35.5. The normalized spacial score (nSPS) is 25.6. The minimum absolute atomic E-state index is 0. The van der Waals surface area contributed by atoms with Gasteiger partial charge in [-0.1, -0.05) is 60.4 Å². The van der Waals surface area contributed by atoms with Gasteiger partial charge in [0.05, 0.1) is 13.7 Å². The average Bonchev–Trinajstić information content (AvgIpc) is 3.23. The summed E-state index contributed by atoms with van der Waals surface area (Å²) >= 11 is 0. The molecule has 20 heavy (non-hydrogen) atoms. The maximum Gasteiger partial charge on any atom is 0.130 e. The fourth-order valence-corrected chi connectivity index (χ4v) is 2.40. The monoisotopic (exact) mass is 299 g/mol. The van der Waals surface area contributed by atoms with Gasteiger partial charge in [0.15, 0.2) is 0 Å². The third kappa shape index (κ3) is 2.59. The van der Waals surface area contributed by atoms with Gasteiger partial charge in [0.25, 0.3) is 0 Å². The Hall–Kier alpha value is -1.35. The molecule has 0 unspecified atom stereocenters. The Morgan fingerprint density at radius 2 is 1.50 bits per heavy atom. The molecule has 0 spiro atoms. The summed E-state index contributed by atoms with van der Waals surface area (Å²) in [6, 6.07) is -7.63. The van der Waals surface area contributed by atoms with Crippen LogP contribution in [0.5, 0.6) is 0 Å². The highest BCUT2D eigenvalue weighted by Gasteiger charge is 2.41. The first-order valence-corrected chi connectivity index (χ1v) is 6.06. The summed E-state index contributed by atoms with van der Waals surface area (Å²) < 4.78 is 80.4. The summed E-state index contributed by atoms with van der Waals surface area (Å²) in [7, 11) is 0. The molecular weight excluding hydrogens is 270 g/mol. The number of aliphatic hydroxyl groups is 1. The van der Waals surface area contributed by atoms with Crippen LogP contribution in [0.1, 0.15) is 37.7 Å². The topological polar surface area (TPSA) is 32.3 Å². The highest BCUT2D eigenvalue weighted by Crippen LogP contribution is 2.36. The summed E-state index contributed by atoms with van der Waals surface area (Å²) in [4.78, 5) is 0.